The highest BCUT2D eigenvalue weighted by atomic mass is 15.1. The highest BCUT2D eigenvalue weighted by Crippen LogP contribution is 2.50. The third-order valence-corrected chi connectivity index (χ3v) is 6.88. The van der Waals surface area contributed by atoms with Gasteiger partial charge in [-0.05, 0) is 78.1 Å². The molecule has 0 radical (unpaired) electrons. The standard InChI is InChI=1S/C33H27N/c1-23-12-16-26(17-13-23)34(27-18-14-24(2)15-19-27)28-20-21-30-29-10-6-7-11-31(29)33(32(30)22-28)25-8-4-3-5-9-25/h3-22,33H,1-2H3. The Morgan fingerprint density at radius 2 is 1.00 bits per heavy atom. The van der Waals surface area contributed by atoms with Gasteiger partial charge in [0.2, 0.25) is 0 Å². The van der Waals surface area contributed by atoms with Gasteiger partial charge < -0.3 is 4.90 Å². The quantitative estimate of drug-likeness (QED) is 0.266. The number of fused-ring (bicyclic) bond motifs is 3. The number of aryl methyl sites for hydroxylation is 2. The van der Waals surface area contributed by atoms with Crippen molar-refractivity contribution in [3.8, 4) is 11.1 Å². The number of rotatable bonds is 4. The van der Waals surface area contributed by atoms with Crippen LogP contribution in [0.15, 0.2) is 121 Å². The van der Waals surface area contributed by atoms with Gasteiger partial charge in [-0.25, -0.2) is 0 Å². The van der Waals surface area contributed by atoms with Gasteiger partial charge in [-0.1, -0.05) is 96.1 Å². The number of anilines is 3. The van der Waals surface area contributed by atoms with Crippen LogP contribution in [0.2, 0.25) is 0 Å². The Bertz CT molecular complexity index is 1400. The summed E-state index contributed by atoms with van der Waals surface area (Å²) in [6.07, 6.45) is 0. The molecule has 1 atom stereocenters. The van der Waals surface area contributed by atoms with Crippen molar-refractivity contribution >= 4 is 17.1 Å². The second-order valence-corrected chi connectivity index (χ2v) is 9.21. The van der Waals surface area contributed by atoms with E-state index in [-0.39, 0.29) is 5.92 Å². The summed E-state index contributed by atoms with van der Waals surface area (Å²) in [7, 11) is 0. The minimum atomic E-state index is 0.241. The highest BCUT2D eigenvalue weighted by molar-refractivity contribution is 5.85. The Morgan fingerprint density at radius 1 is 0.471 bits per heavy atom. The molecule has 1 unspecified atom stereocenters. The van der Waals surface area contributed by atoms with E-state index in [9.17, 15) is 0 Å². The van der Waals surface area contributed by atoms with Crippen LogP contribution in [-0.2, 0) is 0 Å². The molecule has 164 valence electrons. The molecule has 0 saturated carbocycles. The van der Waals surface area contributed by atoms with Crippen LogP contribution in [0.1, 0.15) is 33.7 Å². The zero-order chi connectivity index (χ0) is 23.1. The topological polar surface area (TPSA) is 3.24 Å². The second-order valence-electron chi connectivity index (χ2n) is 9.21. The molecule has 0 fully saturated rings. The Labute approximate surface area is 202 Å². The summed E-state index contributed by atoms with van der Waals surface area (Å²) in [5.74, 6) is 0.241. The maximum absolute atomic E-state index is 2.40. The van der Waals surface area contributed by atoms with Gasteiger partial charge in [-0.3, -0.25) is 0 Å². The summed E-state index contributed by atoms with van der Waals surface area (Å²) >= 11 is 0. The predicted molar refractivity (Wildman–Crippen MR) is 143 cm³/mol. The molecule has 0 bridgehead atoms. The molecule has 1 nitrogen and oxygen atoms in total. The zero-order valence-corrected chi connectivity index (χ0v) is 19.6. The summed E-state index contributed by atoms with van der Waals surface area (Å²) in [6, 6.07) is 44.3. The molecule has 0 N–H and O–H groups in total. The lowest BCUT2D eigenvalue weighted by Gasteiger charge is -2.27. The van der Waals surface area contributed by atoms with Crippen LogP contribution in [0.4, 0.5) is 17.1 Å². The van der Waals surface area contributed by atoms with E-state index in [2.05, 4.69) is 140 Å². The average molecular weight is 438 g/mol. The minimum Gasteiger partial charge on any atom is -0.310 e. The molecule has 0 heterocycles. The summed E-state index contributed by atoms with van der Waals surface area (Å²) in [5.41, 5.74) is 12.8. The van der Waals surface area contributed by atoms with Crippen molar-refractivity contribution in [1.29, 1.82) is 0 Å². The lowest BCUT2D eigenvalue weighted by molar-refractivity contribution is 1.01. The Hall–Kier alpha value is -4.10. The first kappa shape index (κ1) is 20.5. The van der Waals surface area contributed by atoms with Crippen LogP contribution in [0, 0.1) is 13.8 Å². The molecule has 6 rings (SSSR count). The van der Waals surface area contributed by atoms with E-state index in [1.54, 1.807) is 0 Å². The normalized spacial score (nSPS) is 13.9. The third-order valence-electron chi connectivity index (χ3n) is 6.88. The minimum absolute atomic E-state index is 0.241. The van der Waals surface area contributed by atoms with Crippen LogP contribution in [0.3, 0.4) is 0 Å². The number of hydrogen-bond acceptors (Lipinski definition) is 1. The van der Waals surface area contributed by atoms with Crippen molar-refractivity contribution in [2.75, 3.05) is 4.90 Å². The maximum atomic E-state index is 2.40. The molecule has 0 aliphatic heterocycles. The molecule has 1 aliphatic rings. The van der Waals surface area contributed by atoms with Gasteiger partial charge >= 0.3 is 0 Å². The van der Waals surface area contributed by atoms with Crippen molar-refractivity contribution in [1.82, 2.24) is 0 Å². The first-order valence-corrected chi connectivity index (χ1v) is 11.9. The molecule has 5 aromatic rings. The van der Waals surface area contributed by atoms with E-state index in [4.69, 9.17) is 0 Å². The van der Waals surface area contributed by atoms with Gasteiger partial charge in [0.25, 0.3) is 0 Å². The molecule has 0 saturated heterocycles. The summed E-state index contributed by atoms with van der Waals surface area (Å²) in [5, 5.41) is 0. The van der Waals surface area contributed by atoms with E-state index in [0.717, 1.165) is 0 Å². The van der Waals surface area contributed by atoms with Crippen molar-refractivity contribution < 1.29 is 0 Å². The van der Waals surface area contributed by atoms with E-state index in [1.165, 1.54) is 56.0 Å². The van der Waals surface area contributed by atoms with Gasteiger partial charge in [-0.2, -0.15) is 0 Å². The summed E-state index contributed by atoms with van der Waals surface area (Å²) < 4.78 is 0. The first-order chi connectivity index (χ1) is 16.7. The Morgan fingerprint density at radius 3 is 1.65 bits per heavy atom. The summed E-state index contributed by atoms with van der Waals surface area (Å²) in [6.45, 7) is 4.27. The van der Waals surface area contributed by atoms with Gasteiger partial charge in [0, 0.05) is 23.0 Å². The maximum Gasteiger partial charge on any atom is 0.0465 e. The second kappa shape index (κ2) is 8.35. The monoisotopic (exact) mass is 437 g/mol. The van der Waals surface area contributed by atoms with E-state index in [1.807, 2.05) is 0 Å². The van der Waals surface area contributed by atoms with Crippen LogP contribution >= 0.6 is 0 Å². The molecular weight excluding hydrogens is 410 g/mol. The predicted octanol–water partition coefficient (Wildman–Crippen LogP) is 8.93. The van der Waals surface area contributed by atoms with Crippen molar-refractivity contribution in [2.45, 2.75) is 19.8 Å². The van der Waals surface area contributed by atoms with Crippen molar-refractivity contribution in [3.63, 3.8) is 0 Å². The number of hydrogen-bond donors (Lipinski definition) is 0. The van der Waals surface area contributed by atoms with Gasteiger partial charge in [0.1, 0.15) is 0 Å². The molecule has 1 aliphatic carbocycles. The van der Waals surface area contributed by atoms with Gasteiger partial charge in [-0.15, -0.1) is 0 Å². The molecule has 0 aromatic heterocycles. The van der Waals surface area contributed by atoms with Gasteiger partial charge in [0.15, 0.2) is 0 Å². The average Bonchev–Trinajstić information content (AvgIpc) is 3.21. The molecule has 1 heteroatoms. The third kappa shape index (κ3) is 3.50. The Balaban J connectivity index is 1.54. The molecule has 34 heavy (non-hydrogen) atoms. The fourth-order valence-corrected chi connectivity index (χ4v) is 5.17. The van der Waals surface area contributed by atoms with E-state index < -0.39 is 0 Å². The first-order valence-electron chi connectivity index (χ1n) is 11.9. The molecule has 5 aromatic carbocycles. The molecular formula is C33H27N. The smallest absolute Gasteiger partial charge is 0.0465 e. The largest absolute Gasteiger partial charge is 0.310 e. The van der Waals surface area contributed by atoms with E-state index >= 15 is 0 Å². The number of benzene rings is 5. The molecule has 0 amide bonds. The lowest BCUT2D eigenvalue weighted by atomic mass is 9.89. The van der Waals surface area contributed by atoms with Gasteiger partial charge in [0.05, 0.1) is 0 Å². The molecule has 0 spiro atoms. The summed E-state index contributed by atoms with van der Waals surface area (Å²) in [4.78, 5) is 2.37. The zero-order valence-electron chi connectivity index (χ0n) is 19.6. The van der Waals surface area contributed by atoms with E-state index in [0.29, 0.717) is 0 Å². The fourth-order valence-electron chi connectivity index (χ4n) is 5.17. The Kier molecular flexibility index (Phi) is 5.04. The van der Waals surface area contributed by atoms with Crippen LogP contribution in [0.5, 0.6) is 0 Å². The van der Waals surface area contributed by atoms with Crippen LogP contribution in [-0.4, -0.2) is 0 Å². The van der Waals surface area contributed by atoms with Crippen LogP contribution < -0.4 is 4.90 Å². The SMILES string of the molecule is Cc1ccc(N(c2ccc(C)cc2)c2ccc3c(c2)C(c2ccccc2)c2ccccc2-3)cc1. The van der Waals surface area contributed by atoms with Crippen LogP contribution in [0.25, 0.3) is 11.1 Å². The van der Waals surface area contributed by atoms with Crippen molar-refractivity contribution in [2.24, 2.45) is 0 Å². The van der Waals surface area contributed by atoms with Crippen molar-refractivity contribution in [3.05, 3.63) is 149 Å². The lowest BCUT2D eigenvalue weighted by Crippen LogP contribution is -2.10. The highest BCUT2D eigenvalue weighted by Gasteiger charge is 2.30. The number of nitrogens with zero attached hydrogens (tertiary/aromatic N) is 1. The fraction of sp³-hybridized carbons (Fsp3) is 0.0909.